The molecule has 4 aromatic heterocycles. The molecule has 1 N–H and O–H groups in total. The summed E-state index contributed by atoms with van der Waals surface area (Å²) in [7, 11) is 0. The molecule has 0 radical (unpaired) electrons. The SMILES string of the molecule is O=C([O-])Cc1ccc(-c2sccc2-c2ccccc2OCc2ccccc2)cc1.O=C([O-])c1ccc(-c2ccsc2-c2ccccc2OCc2ccccc2)cc1.O=C([O-])c1ccc(-c2sccc2-c2ccccc2OCc2ccccc2)cc1.OCc1ccc(-c2sccc2-c2ccccc2OCc2ccccc2)cc1.[Na+].[Na+].[Na+]. The van der Waals surface area contributed by atoms with Gasteiger partial charge in [-0.15, -0.1) is 45.3 Å². The van der Waals surface area contributed by atoms with E-state index in [9.17, 15) is 34.8 Å². The van der Waals surface area contributed by atoms with Crippen LogP contribution >= 0.6 is 45.3 Å². The first kappa shape index (κ1) is 87.4. The number of para-hydroxylation sites is 4. The molecule has 0 unspecified atom stereocenters. The van der Waals surface area contributed by atoms with E-state index in [-0.39, 0.29) is 113 Å². The van der Waals surface area contributed by atoms with Gasteiger partial charge in [0.1, 0.15) is 49.4 Å². The van der Waals surface area contributed by atoms with Crippen molar-refractivity contribution in [3.8, 4) is 109 Å². The standard InChI is InChI=1S/C25H20O3S.2C24H18O3S.C24H20O2S.3Na/c26-24(27)16-18-10-12-20(13-11-18)25-22(14-15-29-25)21-8-4-5-9-23(21)28-17-19-6-2-1-3-7-19;25-24(26)19-12-10-18(11-13-19)20-14-15-28-23(20)21-8-4-5-9-22(21)27-16-17-6-2-1-3-7-17;25-24(26)19-12-10-18(11-13-19)23-21(14-15-28-23)20-8-4-5-9-22(20)27-16-17-6-2-1-3-7-17;25-16-18-10-12-20(13-11-18)24-22(14-15-27-24)21-8-4-5-9-23(21)26-17-19-6-2-1-3-7-19;;;/h1-15H,16-17H2,(H,26,27);2*1-15H,16H2,(H,25,26);1-15,25H,16-17H2;;;/q;;;;3*+1/p-3. The second kappa shape index (κ2) is 44.8. The number of thiophene rings is 4. The Morgan fingerprint density at radius 2 is 0.513 bits per heavy atom. The van der Waals surface area contributed by atoms with Gasteiger partial charge in [0.25, 0.3) is 0 Å². The van der Waals surface area contributed by atoms with Gasteiger partial charge < -0.3 is 53.8 Å². The van der Waals surface area contributed by atoms with Crippen molar-refractivity contribution in [1.29, 1.82) is 0 Å². The molecular formula is C97H73Na3O11S4. The van der Waals surface area contributed by atoms with E-state index in [4.69, 9.17) is 18.9 Å². The van der Waals surface area contributed by atoms with Gasteiger partial charge in [-0.25, -0.2) is 0 Å². The maximum Gasteiger partial charge on any atom is 1.00 e. The Hall–Kier alpha value is -9.99. The van der Waals surface area contributed by atoms with Crippen LogP contribution in [-0.2, 0) is 44.2 Å². The molecule has 12 aromatic carbocycles. The van der Waals surface area contributed by atoms with Crippen LogP contribution in [0.4, 0.5) is 0 Å². The van der Waals surface area contributed by atoms with Gasteiger partial charge in [-0.05, 0) is 143 Å². The number of hydrogen-bond acceptors (Lipinski definition) is 15. The fourth-order valence-corrected chi connectivity index (χ4v) is 16.1. The zero-order valence-electron chi connectivity index (χ0n) is 63.5. The number of aliphatic carboxylic acids is 1. The summed E-state index contributed by atoms with van der Waals surface area (Å²) >= 11 is 6.62. The Balaban J connectivity index is 0.000000161. The average Bonchev–Trinajstić information content (AvgIpc) is 1.71. The van der Waals surface area contributed by atoms with Gasteiger partial charge >= 0.3 is 88.7 Å². The average molecular weight is 1610 g/mol. The third kappa shape index (κ3) is 24.1. The third-order valence-electron chi connectivity index (χ3n) is 18.1. The Kier molecular flexibility index (Phi) is 34.0. The fraction of sp³-hybridized carbons (Fsp3) is 0.0619. The Bertz CT molecular complexity index is 5520. The van der Waals surface area contributed by atoms with E-state index in [1.165, 1.54) is 10.4 Å². The molecule has 0 fully saturated rings. The summed E-state index contributed by atoms with van der Waals surface area (Å²) in [6.45, 7) is 2.11. The van der Waals surface area contributed by atoms with Crippen molar-refractivity contribution in [3.63, 3.8) is 0 Å². The largest absolute Gasteiger partial charge is 1.00 e. The number of aromatic carboxylic acids is 2. The predicted octanol–water partition coefficient (Wildman–Crippen LogP) is 12.2. The number of carboxylic acids is 3. The van der Waals surface area contributed by atoms with Crippen LogP contribution in [0.25, 0.3) is 86.3 Å². The Morgan fingerprint density at radius 1 is 0.252 bits per heavy atom. The van der Waals surface area contributed by atoms with E-state index in [0.29, 0.717) is 26.4 Å². The molecule has 0 spiro atoms. The van der Waals surface area contributed by atoms with Crippen LogP contribution in [0.1, 0.15) is 54.1 Å². The molecule has 16 aromatic rings. The van der Waals surface area contributed by atoms with E-state index in [1.54, 1.807) is 69.6 Å². The summed E-state index contributed by atoms with van der Waals surface area (Å²) in [5, 5.41) is 50.3. The molecule has 16 rings (SSSR count). The molecule has 0 bridgehead atoms. The quantitative estimate of drug-likeness (QED) is 0.0539. The molecule has 18 heteroatoms. The van der Waals surface area contributed by atoms with E-state index in [2.05, 4.69) is 65.4 Å². The first-order valence-electron chi connectivity index (χ1n) is 36.0. The monoisotopic (exact) mass is 1610 g/mol. The van der Waals surface area contributed by atoms with Gasteiger partial charge in [0.2, 0.25) is 0 Å². The number of aliphatic hydroxyl groups is 1. The van der Waals surface area contributed by atoms with E-state index >= 15 is 0 Å². The molecular weight excluding hydrogens is 1540 g/mol. The zero-order valence-corrected chi connectivity index (χ0v) is 72.8. The van der Waals surface area contributed by atoms with Crippen molar-refractivity contribution >= 4 is 63.3 Å². The number of ether oxygens (including phenoxy) is 4. The second-order valence-electron chi connectivity index (χ2n) is 25.6. The van der Waals surface area contributed by atoms with Crippen molar-refractivity contribution in [1.82, 2.24) is 0 Å². The molecule has 4 heterocycles. The molecule has 0 saturated carbocycles. The smallest absolute Gasteiger partial charge is 0.550 e. The van der Waals surface area contributed by atoms with Gasteiger partial charge in [-0.2, -0.15) is 0 Å². The minimum absolute atomic E-state index is 0. The molecule has 0 aliphatic heterocycles. The molecule has 0 saturated heterocycles. The number of carbonyl (C=O) groups is 3. The molecule has 115 heavy (non-hydrogen) atoms. The molecule has 11 nitrogen and oxygen atoms in total. The number of rotatable bonds is 25. The first-order valence-corrected chi connectivity index (χ1v) is 39.5. The van der Waals surface area contributed by atoms with Crippen molar-refractivity contribution in [3.05, 3.63) is 406 Å². The number of hydrogen-bond donors (Lipinski definition) is 1. The summed E-state index contributed by atoms with van der Waals surface area (Å²) in [6.07, 6.45) is -0.0757. The van der Waals surface area contributed by atoms with Crippen LogP contribution in [0, 0.1) is 0 Å². The van der Waals surface area contributed by atoms with Gasteiger partial charge in [0.05, 0.1) is 18.5 Å². The number of aliphatic hydroxyl groups excluding tert-OH is 1. The van der Waals surface area contributed by atoms with E-state index in [0.717, 1.165) is 132 Å². The second-order valence-corrected chi connectivity index (χ2v) is 29.2. The Morgan fingerprint density at radius 3 is 0.826 bits per heavy atom. The summed E-state index contributed by atoms with van der Waals surface area (Å²) in [6, 6.07) is 110. The summed E-state index contributed by atoms with van der Waals surface area (Å²) in [5.74, 6) is -0.0512. The van der Waals surface area contributed by atoms with Crippen LogP contribution in [0.15, 0.2) is 361 Å². The van der Waals surface area contributed by atoms with Crippen LogP contribution in [0.2, 0.25) is 0 Å². The van der Waals surface area contributed by atoms with E-state index in [1.807, 2.05) is 272 Å². The van der Waals surface area contributed by atoms with Crippen LogP contribution in [-0.4, -0.2) is 23.0 Å². The van der Waals surface area contributed by atoms with Crippen molar-refractivity contribution in [2.24, 2.45) is 0 Å². The third-order valence-corrected chi connectivity index (χ3v) is 21.9. The van der Waals surface area contributed by atoms with Gasteiger partial charge in [-0.1, -0.05) is 285 Å². The van der Waals surface area contributed by atoms with Gasteiger partial charge in [0, 0.05) is 76.4 Å². The molecule has 0 amide bonds. The molecule has 0 aliphatic rings. The summed E-state index contributed by atoms with van der Waals surface area (Å²) in [4.78, 5) is 37.3. The van der Waals surface area contributed by atoms with Crippen LogP contribution < -0.4 is 123 Å². The zero-order chi connectivity index (χ0) is 77.2. The van der Waals surface area contributed by atoms with Crippen molar-refractivity contribution in [2.75, 3.05) is 0 Å². The number of benzene rings is 12. The topological polar surface area (TPSA) is 178 Å². The fourth-order valence-electron chi connectivity index (χ4n) is 12.4. The van der Waals surface area contributed by atoms with Crippen LogP contribution in [0.3, 0.4) is 0 Å². The number of carboxylic acid groups (broad SMARTS) is 3. The molecule has 554 valence electrons. The van der Waals surface area contributed by atoms with Crippen LogP contribution in [0.5, 0.6) is 23.0 Å². The van der Waals surface area contributed by atoms with Crippen molar-refractivity contribution in [2.45, 2.75) is 39.5 Å². The maximum absolute atomic E-state index is 11.0. The number of carbonyl (C=O) groups excluding carboxylic acids is 3. The predicted molar refractivity (Wildman–Crippen MR) is 447 cm³/mol. The summed E-state index contributed by atoms with van der Waals surface area (Å²) in [5.41, 5.74) is 19.2. The van der Waals surface area contributed by atoms with Gasteiger partial charge in [-0.3, -0.25) is 0 Å². The Labute approximate surface area is 752 Å². The van der Waals surface area contributed by atoms with E-state index < -0.39 is 17.9 Å². The molecule has 0 aliphatic carbocycles. The summed E-state index contributed by atoms with van der Waals surface area (Å²) < 4.78 is 24.5. The minimum Gasteiger partial charge on any atom is -0.550 e. The molecule has 0 atom stereocenters. The van der Waals surface area contributed by atoms with Crippen molar-refractivity contribution < 1.29 is 142 Å². The first-order chi connectivity index (χ1) is 55.0. The normalized spacial score (nSPS) is 10.3. The maximum atomic E-state index is 11.0. The minimum atomic E-state index is -1.17. The van der Waals surface area contributed by atoms with Gasteiger partial charge in [0.15, 0.2) is 0 Å².